The number of hydrogen-bond acceptors (Lipinski definition) is 5. The van der Waals surface area contributed by atoms with Crippen molar-refractivity contribution in [2.24, 2.45) is 0 Å². The van der Waals surface area contributed by atoms with Gasteiger partial charge < -0.3 is 15.0 Å². The normalized spacial score (nSPS) is 15.0. The molecule has 0 atom stereocenters. The summed E-state index contributed by atoms with van der Waals surface area (Å²) < 4.78 is 44.2. The van der Waals surface area contributed by atoms with Crippen LogP contribution in [0.15, 0.2) is 42.5 Å². The van der Waals surface area contributed by atoms with E-state index in [9.17, 15) is 18.0 Å². The third kappa shape index (κ3) is 7.43. The molecule has 3 aromatic rings. The minimum Gasteiger partial charge on any atom is -0.496 e. The molecule has 1 fully saturated rings. The molecule has 5 nitrogen and oxygen atoms in total. The van der Waals surface area contributed by atoms with Crippen molar-refractivity contribution < 1.29 is 22.7 Å². The van der Waals surface area contributed by atoms with Gasteiger partial charge in [0.15, 0.2) is 0 Å². The van der Waals surface area contributed by atoms with Crippen LogP contribution in [0.2, 0.25) is 0 Å². The zero-order valence-electron chi connectivity index (χ0n) is 23.6. The fourth-order valence-corrected chi connectivity index (χ4v) is 6.15. The number of unbranched alkanes of at least 4 members (excludes halogenated alkanes) is 1. The number of hydrogen-bond donors (Lipinski definition) is 1. The number of nitrogens with one attached hydrogen (secondary N) is 1. The molecule has 1 aliphatic rings. The maximum Gasteiger partial charge on any atom is 0.416 e. The van der Waals surface area contributed by atoms with Gasteiger partial charge in [0.05, 0.1) is 18.4 Å². The first-order valence-electron chi connectivity index (χ1n) is 13.9. The van der Waals surface area contributed by atoms with Crippen molar-refractivity contribution in [3.05, 3.63) is 69.7 Å². The molecule has 1 amide bonds. The summed E-state index contributed by atoms with van der Waals surface area (Å²) in [5, 5.41) is 3.51. The number of piperidine rings is 1. The van der Waals surface area contributed by atoms with E-state index in [-0.39, 0.29) is 5.91 Å². The molecule has 0 aliphatic carbocycles. The van der Waals surface area contributed by atoms with Crippen molar-refractivity contribution in [3.8, 4) is 16.3 Å². The first kappa shape index (κ1) is 30.1. The van der Waals surface area contributed by atoms with Crippen molar-refractivity contribution in [1.29, 1.82) is 0 Å². The van der Waals surface area contributed by atoms with Crippen LogP contribution in [-0.2, 0) is 6.18 Å². The molecular weight excluding hydrogens is 535 g/mol. The molecule has 1 saturated heterocycles. The molecule has 2 heterocycles. The zero-order chi connectivity index (χ0) is 28.9. The molecule has 0 saturated carbocycles. The Labute approximate surface area is 238 Å². The van der Waals surface area contributed by atoms with Crippen molar-refractivity contribution in [1.82, 2.24) is 15.2 Å². The lowest BCUT2D eigenvalue weighted by molar-refractivity contribution is -0.137. The molecule has 1 aliphatic heterocycles. The summed E-state index contributed by atoms with van der Waals surface area (Å²) in [6.07, 6.45) is -0.289. The van der Waals surface area contributed by atoms with Crippen molar-refractivity contribution in [2.75, 3.05) is 33.3 Å². The fraction of sp³-hybridized carbons (Fsp3) is 0.484. The number of methoxy groups -OCH3 is 1. The number of aryl methyl sites for hydroxylation is 1. The number of aromatic nitrogens is 1. The van der Waals surface area contributed by atoms with Crippen LogP contribution in [0, 0.1) is 6.92 Å². The van der Waals surface area contributed by atoms with Gasteiger partial charge in [-0.15, -0.1) is 11.3 Å². The molecule has 4 rings (SSSR count). The van der Waals surface area contributed by atoms with E-state index in [1.165, 1.54) is 34.6 Å². The number of carbonyl (C=O) groups excluding carboxylic acids is 1. The van der Waals surface area contributed by atoms with Crippen LogP contribution in [0.4, 0.5) is 13.2 Å². The van der Waals surface area contributed by atoms with E-state index >= 15 is 0 Å². The maximum atomic E-state index is 12.8. The highest BCUT2D eigenvalue weighted by atomic mass is 32.1. The summed E-state index contributed by atoms with van der Waals surface area (Å²) in [4.78, 5) is 20.1. The van der Waals surface area contributed by atoms with E-state index in [1.54, 1.807) is 14.0 Å². The van der Waals surface area contributed by atoms with Gasteiger partial charge in [-0.05, 0) is 93.4 Å². The van der Waals surface area contributed by atoms with Gasteiger partial charge in [0.2, 0.25) is 0 Å². The highest BCUT2D eigenvalue weighted by molar-refractivity contribution is 7.17. The first-order chi connectivity index (χ1) is 19.1. The molecule has 2 aromatic carbocycles. The van der Waals surface area contributed by atoms with Gasteiger partial charge in [0, 0.05) is 12.1 Å². The lowest BCUT2D eigenvalue weighted by Gasteiger charge is -2.33. The summed E-state index contributed by atoms with van der Waals surface area (Å²) in [6, 6.07) is 11.5. The Balaban J connectivity index is 1.19. The van der Waals surface area contributed by atoms with Crippen LogP contribution in [0.1, 0.15) is 83.4 Å². The second-order valence-corrected chi connectivity index (χ2v) is 11.7. The molecule has 9 heteroatoms. The number of halogens is 3. The van der Waals surface area contributed by atoms with Crippen molar-refractivity contribution in [3.63, 3.8) is 0 Å². The second-order valence-electron chi connectivity index (χ2n) is 10.7. The van der Waals surface area contributed by atoms with Gasteiger partial charge in [-0.3, -0.25) is 4.79 Å². The summed E-state index contributed by atoms with van der Waals surface area (Å²) in [5.41, 5.74) is 3.05. The number of likely N-dealkylation sites (tertiary alicyclic amines) is 1. The highest BCUT2D eigenvalue weighted by Gasteiger charge is 2.30. The van der Waals surface area contributed by atoms with Gasteiger partial charge >= 0.3 is 6.18 Å². The molecule has 1 aromatic heterocycles. The number of rotatable bonds is 10. The second kappa shape index (κ2) is 13.2. The molecular formula is C31H38F3N3O2S. The van der Waals surface area contributed by atoms with Crippen LogP contribution in [-0.4, -0.2) is 49.1 Å². The monoisotopic (exact) mass is 573 g/mol. The zero-order valence-corrected chi connectivity index (χ0v) is 24.4. The van der Waals surface area contributed by atoms with Crippen LogP contribution >= 0.6 is 11.3 Å². The van der Waals surface area contributed by atoms with E-state index in [0.29, 0.717) is 39.5 Å². The van der Waals surface area contributed by atoms with E-state index in [4.69, 9.17) is 4.74 Å². The Bertz CT molecular complexity index is 1280. The molecule has 40 heavy (non-hydrogen) atoms. The third-order valence-electron chi connectivity index (χ3n) is 7.60. The van der Waals surface area contributed by atoms with Gasteiger partial charge in [-0.1, -0.05) is 38.1 Å². The Hall–Kier alpha value is -2.91. The molecule has 0 radical (unpaired) electrons. The number of amides is 1. The van der Waals surface area contributed by atoms with Gasteiger partial charge in [-0.25, -0.2) is 4.98 Å². The summed E-state index contributed by atoms with van der Waals surface area (Å²) in [7, 11) is 1.76. The predicted octanol–water partition coefficient (Wildman–Crippen LogP) is 7.66. The Morgan fingerprint density at radius 3 is 2.45 bits per heavy atom. The molecule has 0 bridgehead atoms. The number of carbonyl (C=O) groups is 1. The van der Waals surface area contributed by atoms with Crippen LogP contribution in [0.5, 0.6) is 5.75 Å². The fourth-order valence-electron chi connectivity index (χ4n) is 5.17. The minimum absolute atomic E-state index is 0.189. The number of nitrogens with zero attached hydrogens (tertiary/aromatic N) is 2. The SMILES string of the molecule is COc1cc(C(C)C)ccc1C1CCN(CCCCNC(=O)c2sc(-c3ccc(C(F)(F)F)cc3)nc2C)CC1. The maximum absolute atomic E-state index is 12.8. The standard InChI is InChI=1S/C31H38F3N3O2S/c1-20(2)24-9-12-26(27(19-24)39-4)22-13-17-37(18-14-22)16-6-5-15-35-29(38)28-21(3)36-30(40-28)23-7-10-25(11-8-23)31(32,33)34/h7-12,19-20,22H,5-6,13-18H2,1-4H3,(H,35,38). The Kier molecular flexibility index (Phi) is 9.90. The largest absolute Gasteiger partial charge is 0.496 e. The average molecular weight is 574 g/mol. The highest BCUT2D eigenvalue weighted by Crippen LogP contribution is 2.36. The van der Waals surface area contributed by atoms with Crippen LogP contribution in [0.25, 0.3) is 10.6 Å². The van der Waals surface area contributed by atoms with Gasteiger partial charge in [0.1, 0.15) is 15.6 Å². The molecule has 0 unspecified atom stereocenters. The summed E-state index contributed by atoms with van der Waals surface area (Å²) in [5.74, 6) is 1.81. The van der Waals surface area contributed by atoms with E-state index in [1.807, 2.05) is 0 Å². The van der Waals surface area contributed by atoms with E-state index in [2.05, 4.69) is 47.2 Å². The number of alkyl halides is 3. The van der Waals surface area contributed by atoms with E-state index < -0.39 is 11.7 Å². The Morgan fingerprint density at radius 1 is 1.12 bits per heavy atom. The lowest BCUT2D eigenvalue weighted by atomic mass is 9.87. The Morgan fingerprint density at radius 2 is 1.82 bits per heavy atom. The minimum atomic E-state index is -4.38. The molecule has 216 valence electrons. The van der Waals surface area contributed by atoms with Gasteiger partial charge in [-0.2, -0.15) is 13.2 Å². The summed E-state index contributed by atoms with van der Waals surface area (Å²) in [6.45, 7) is 9.82. The number of benzene rings is 2. The van der Waals surface area contributed by atoms with Crippen molar-refractivity contribution in [2.45, 2.75) is 64.5 Å². The predicted molar refractivity (Wildman–Crippen MR) is 154 cm³/mol. The molecule has 1 N–H and O–H groups in total. The van der Waals surface area contributed by atoms with E-state index in [0.717, 1.165) is 63.2 Å². The summed E-state index contributed by atoms with van der Waals surface area (Å²) >= 11 is 1.20. The van der Waals surface area contributed by atoms with Gasteiger partial charge in [0.25, 0.3) is 5.91 Å². The topological polar surface area (TPSA) is 54.5 Å². The van der Waals surface area contributed by atoms with Crippen molar-refractivity contribution >= 4 is 17.2 Å². The smallest absolute Gasteiger partial charge is 0.416 e. The van der Waals surface area contributed by atoms with Crippen LogP contribution in [0.3, 0.4) is 0 Å². The lowest BCUT2D eigenvalue weighted by Crippen LogP contribution is -2.34. The number of thiazole rings is 1. The first-order valence-corrected chi connectivity index (χ1v) is 14.7. The van der Waals surface area contributed by atoms with Crippen LogP contribution < -0.4 is 10.1 Å². The third-order valence-corrected chi connectivity index (χ3v) is 8.81. The average Bonchev–Trinajstić information content (AvgIpc) is 3.34. The number of ether oxygens (including phenoxy) is 1. The quantitative estimate of drug-likeness (QED) is 0.253. The molecule has 0 spiro atoms.